The molecule has 0 fully saturated rings. The van der Waals surface area contributed by atoms with E-state index in [0.29, 0.717) is 12.2 Å². The van der Waals surface area contributed by atoms with Gasteiger partial charge in [-0.1, -0.05) is 13.8 Å². The quantitative estimate of drug-likeness (QED) is 0.156. The van der Waals surface area contributed by atoms with Gasteiger partial charge in [0.1, 0.15) is 18.1 Å². The highest BCUT2D eigenvalue weighted by atomic mass is 32.2. The van der Waals surface area contributed by atoms with E-state index in [9.17, 15) is 24.3 Å². The van der Waals surface area contributed by atoms with Crippen molar-refractivity contribution < 1.29 is 34.5 Å². The van der Waals surface area contributed by atoms with Crippen molar-refractivity contribution in [2.24, 2.45) is 11.7 Å². The zero-order valence-corrected chi connectivity index (χ0v) is 17.7. The van der Waals surface area contributed by atoms with Crippen LogP contribution in [0.5, 0.6) is 0 Å². The van der Waals surface area contributed by atoms with Gasteiger partial charge in [0, 0.05) is 0 Å². The number of carboxylic acid groups (broad SMARTS) is 1. The third-order valence-electron chi connectivity index (χ3n) is 3.92. The first-order valence-electron chi connectivity index (χ1n) is 9.17. The molecule has 0 aliphatic carbocycles. The highest BCUT2D eigenvalue weighted by molar-refractivity contribution is 7.98. The number of carbonyl (C=O) groups is 4. The summed E-state index contributed by atoms with van der Waals surface area (Å²) in [6.45, 7) is 2.07. The summed E-state index contributed by atoms with van der Waals surface area (Å²) in [5.74, 6) is -3.02. The molecular weight excluding hydrogens is 404 g/mol. The van der Waals surface area contributed by atoms with Crippen LogP contribution >= 0.6 is 11.8 Å². The van der Waals surface area contributed by atoms with Crippen LogP contribution in [0.15, 0.2) is 0 Å². The van der Waals surface area contributed by atoms with Gasteiger partial charge < -0.3 is 37.0 Å². The molecule has 4 unspecified atom stereocenters. The average Bonchev–Trinajstić information content (AvgIpc) is 2.66. The topological polar surface area (TPSA) is 191 Å². The Morgan fingerprint density at radius 2 is 1.38 bits per heavy atom. The van der Waals surface area contributed by atoms with Crippen molar-refractivity contribution in [3.8, 4) is 0 Å². The fraction of sp³-hybridized carbons (Fsp3) is 0.765. The van der Waals surface area contributed by atoms with Crippen LogP contribution in [0.2, 0.25) is 0 Å². The van der Waals surface area contributed by atoms with Gasteiger partial charge in [-0.3, -0.25) is 14.4 Å². The molecule has 0 aromatic heterocycles. The van der Waals surface area contributed by atoms with Crippen LogP contribution < -0.4 is 21.7 Å². The van der Waals surface area contributed by atoms with E-state index < -0.39 is 61.1 Å². The average molecular weight is 437 g/mol. The van der Waals surface area contributed by atoms with Crippen molar-refractivity contribution >= 4 is 35.5 Å². The van der Waals surface area contributed by atoms with Gasteiger partial charge in [-0.25, -0.2) is 4.79 Å². The van der Waals surface area contributed by atoms with Gasteiger partial charge in [-0.2, -0.15) is 11.8 Å². The first kappa shape index (κ1) is 27.1. The Hall–Kier alpha value is -1.89. The van der Waals surface area contributed by atoms with Crippen molar-refractivity contribution in [3.05, 3.63) is 0 Å². The number of rotatable bonds is 14. The molecule has 0 aromatic rings. The van der Waals surface area contributed by atoms with E-state index in [4.69, 9.17) is 15.9 Å². The van der Waals surface area contributed by atoms with E-state index in [2.05, 4.69) is 16.0 Å². The number of carbonyl (C=O) groups excluding carboxylic acids is 3. The summed E-state index contributed by atoms with van der Waals surface area (Å²) in [7, 11) is 0. The van der Waals surface area contributed by atoms with Crippen molar-refractivity contribution in [2.75, 3.05) is 25.2 Å². The first-order valence-corrected chi connectivity index (χ1v) is 10.6. The Morgan fingerprint density at radius 1 is 0.897 bits per heavy atom. The molecule has 29 heavy (non-hydrogen) atoms. The number of aliphatic hydroxyl groups excluding tert-OH is 2. The molecule has 8 N–H and O–H groups in total. The van der Waals surface area contributed by atoms with Gasteiger partial charge in [-0.05, 0) is 30.8 Å². The molecule has 0 heterocycles. The van der Waals surface area contributed by atoms with Gasteiger partial charge in [0.05, 0.1) is 19.3 Å². The lowest BCUT2D eigenvalue weighted by Gasteiger charge is -2.25. The number of amides is 3. The smallest absolute Gasteiger partial charge is 0.328 e. The van der Waals surface area contributed by atoms with Gasteiger partial charge in [-0.15, -0.1) is 0 Å². The van der Waals surface area contributed by atoms with Crippen LogP contribution in [0.25, 0.3) is 0 Å². The molecule has 168 valence electrons. The predicted octanol–water partition coefficient (Wildman–Crippen LogP) is -2.36. The van der Waals surface area contributed by atoms with E-state index >= 15 is 0 Å². The van der Waals surface area contributed by atoms with E-state index in [1.54, 1.807) is 13.8 Å². The molecular formula is C17H32N4O7S. The number of carboxylic acids is 1. The Morgan fingerprint density at radius 3 is 1.83 bits per heavy atom. The molecule has 0 saturated carbocycles. The zero-order chi connectivity index (χ0) is 22.6. The predicted molar refractivity (Wildman–Crippen MR) is 108 cm³/mol. The van der Waals surface area contributed by atoms with E-state index in [1.807, 2.05) is 6.26 Å². The number of nitrogens with two attached hydrogens (primary N) is 1. The maximum atomic E-state index is 12.5. The Bertz CT molecular complexity index is 562. The van der Waals surface area contributed by atoms with Crippen molar-refractivity contribution in [1.29, 1.82) is 0 Å². The van der Waals surface area contributed by atoms with Crippen LogP contribution in [0.3, 0.4) is 0 Å². The molecule has 0 saturated heterocycles. The van der Waals surface area contributed by atoms with E-state index in [0.717, 1.165) is 0 Å². The Kier molecular flexibility index (Phi) is 13.2. The second kappa shape index (κ2) is 14.1. The molecule has 0 spiro atoms. The lowest BCUT2D eigenvalue weighted by Crippen LogP contribution is -2.58. The summed E-state index contributed by atoms with van der Waals surface area (Å²) in [4.78, 5) is 47.9. The Labute approximate surface area is 174 Å². The second-order valence-corrected chi connectivity index (χ2v) is 7.89. The van der Waals surface area contributed by atoms with Gasteiger partial charge in [0.25, 0.3) is 0 Å². The summed E-state index contributed by atoms with van der Waals surface area (Å²) in [6.07, 6.45) is 2.43. The van der Waals surface area contributed by atoms with E-state index in [1.165, 1.54) is 11.8 Å². The van der Waals surface area contributed by atoms with Crippen molar-refractivity contribution in [3.63, 3.8) is 0 Å². The number of thioether (sulfide) groups is 1. The monoisotopic (exact) mass is 436 g/mol. The summed E-state index contributed by atoms with van der Waals surface area (Å²) < 4.78 is 0. The highest BCUT2D eigenvalue weighted by Gasteiger charge is 2.30. The van der Waals surface area contributed by atoms with Crippen molar-refractivity contribution in [2.45, 2.75) is 50.9 Å². The van der Waals surface area contributed by atoms with Crippen LogP contribution in [-0.2, 0) is 19.2 Å². The van der Waals surface area contributed by atoms with Crippen LogP contribution in [0.1, 0.15) is 26.7 Å². The minimum absolute atomic E-state index is 0.0365. The molecule has 0 aromatic carbocycles. The third-order valence-corrected chi connectivity index (χ3v) is 4.57. The normalized spacial score (nSPS) is 15.1. The van der Waals surface area contributed by atoms with Crippen LogP contribution in [0.4, 0.5) is 0 Å². The van der Waals surface area contributed by atoms with Crippen molar-refractivity contribution in [1.82, 2.24) is 16.0 Å². The minimum Gasteiger partial charge on any atom is -0.480 e. The summed E-state index contributed by atoms with van der Waals surface area (Å²) >= 11 is 1.51. The molecule has 11 nitrogen and oxygen atoms in total. The summed E-state index contributed by atoms with van der Waals surface area (Å²) in [5, 5.41) is 34.4. The van der Waals surface area contributed by atoms with E-state index in [-0.39, 0.29) is 12.3 Å². The zero-order valence-electron chi connectivity index (χ0n) is 16.9. The van der Waals surface area contributed by atoms with Gasteiger partial charge in [0.15, 0.2) is 0 Å². The van der Waals surface area contributed by atoms with Gasteiger partial charge >= 0.3 is 5.97 Å². The lowest BCUT2D eigenvalue weighted by atomic mass is 10.0. The molecule has 0 aliphatic heterocycles. The first-order chi connectivity index (χ1) is 13.6. The van der Waals surface area contributed by atoms with Crippen LogP contribution in [0, 0.1) is 5.92 Å². The molecule has 4 atom stereocenters. The fourth-order valence-corrected chi connectivity index (χ4v) is 2.77. The standard InChI is InChI=1S/C17H32N4O7S/c1-9(2)6-11(15(25)21-13(8-23)17(27)28)19-16(26)12(7-22)20-14(24)10(18)4-5-29-3/h9-13,22-23H,4-8,18H2,1-3H3,(H,19,26)(H,20,24)(H,21,25)(H,27,28). The number of aliphatic carboxylic acids is 1. The molecule has 0 radical (unpaired) electrons. The lowest BCUT2D eigenvalue weighted by molar-refractivity contribution is -0.143. The number of aliphatic hydroxyl groups is 2. The maximum absolute atomic E-state index is 12.5. The number of nitrogens with one attached hydrogen (secondary N) is 3. The molecule has 0 bridgehead atoms. The largest absolute Gasteiger partial charge is 0.480 e. The second-order valence-electron chi connectivity index (χ2n) is 6.90. The highest BCUT2D eigenvalue weighted by Crippen LogP contribution is 2.06. The third kappa shape index (κ3) is 10.5. The fourth-order valence-electron chi connectivity index (χ4n) is 2.28. The van der Waals surface area contributed by atoms with Gasteiger partial charge in [0.2, 0.25) is 17.7 Å². The number of hydrogen-bond acceptors (Lipinski definition) is 8. The molecule has 0 rings (SSSR count). The maximum Gasteiger partial charge on any atom is 0.328 e. The molecule has 12 heteroatoms. The summed E-state index contributed by atoms with van der Waals surface area (Å²) in [5.41, 5.74) is 5.74. The molecule has 0 aliphatic rings. The number of hydrogen-bond donors (Lipinski definition) is 7. The SMILES string of the molecule is CSCCC(N)C(=O)NC(CO)C(=O)NC(CC(C)C)C(=O)NC(CO)C(=O)O. The molecule has 3 amide bonds. The Balaban J connectivity index is 5.10. The van der Waals surface area contributed by atoms with Crippen LogP contribution in [-0.4, -0.2) is 88.4 Å². The summed E-state index contributed by atoms with van der Waals surface area (Å²) in [6, 6.07) is -4.80. The minimum atomic E-state index is -1.52.